The van der Waals surface area contributed by atoms with Crippen LogP contribution in [0.15, 0.2) is 78.4 Å². The van der Waals surface area contributed by atoms with Crippen LogP contribution in [0, 0.1) is 0 Å². The van der Waals surface area contributed by atoms with Crippen LogP contribution in [0.5, 0.6) is 17.2 Å². The van der Waals surface area contributed by atoms with Crippen molar-refractivity contribution in [2.24, 2.45) is 0 Å². The molecule has 3 aromatic carbocycles. The molecule has 4 rings (SSSR count). The molecule has 0 amide bonds. The minimum atomic E-state index is -0.506. The Kier molecular flexibility index (Phi) is 4.38. The van der Waals surface area contributed by atoms with Crippen molar-refractivity contribution in [2.75, 3.05) is 7.11 Å². The number of fused-ring (bicyclic) bond motifs is 1. The highest BCUT2D eigenvalue weighted by Gasteiger charge is 2.32. The molecule has 0 spiro atoms. The van der Waals surface area contributed by atoms with Crippen LogP contribution in [0.3, 0.4) is 0 Å². The van der Waals surface area contributed by atoms with E-state index in [4.69, 9.17) is 9.47 Å². The number of aromatic hydroxyl groups is 1. The molecule has 0 aromatic heterocycles. The minimum absolute atomic E-state index is 0.0517. The summed E-state index contributed by atoms with van der Waals surface area (Å²) in [7, 11) is 1.49. The number of methoxy groups -OCH3 is 1. The molecule has 0 saturated heterocycles. The van der Waals surface area contributed by atoms with Gasteiger partial charge >= 0.3 is 0 Å². The number of phenols is 1. The zero-order valence-electron chi connectivity index (χ0n) is 14.8. The van der Waals surface area contributed by atoms with Crippen LogP contribution < -0.4 is 9.47 Å². The highest BCUT2D eigenvalue weighted by Crippen LogP contribution is 2.39. The number of carbonyl (C=O) groups excluding carboxylic acids is 1. The first-order valence-electron chi connectivity index (χ1n) is 8.61. The van der Waals surface area contributed by atoms with E-state index in [-0.39, 0.29) is 11.5 Å². The van der Waals surface area contributed by atoms with E-state index in [0.29, 0.717) is 22.6 Å². The van der Waals surface area contributed by atoms with Gasteiger partial charge in [-0.15, -0.1) is 0 Å². The molecule has 1 heterocycles. The van der Waals surface area contributed by atoms with Gasteiger partial charge in [0, 0.05) is 5.57 Å². The molecule has 134 valence electrons. The van der Waals surface area contributed by atoms with Crippen molar-refractivity contribution in [1.82, 2.24) is 0 Å². The Labute approximate surface area is 157 Å². The van der Waals surface area contributed by atoms with Crippen molar-refractivity contribution in [3.05, 3.63) is 95.1 Å². The lowest BCUT2D eigenvalue weighted by atomic mass is 9.89. The number of rotatable bonds is 3. The van der Waals surface area contributed by atoms with E-state index in [1.54, 1.807) is 30.3 Å². The first kappa shape index (κ1) is 16.9. The molecule has 0 fully saturated rings. The van der Waals surface area contributed by atoms with E-state index in [0.717, 1.165) is 11.1 Å². The molecule has 1 unspecified atom stereocenters. The topological polar surface area (TPSA) is 55.8 Å². The lowest BCUT2D eigenvalue weighted by molar-refractivity contribution is 0.0963. The minimum Gasteiger partial charge on any atom is -0.504 e. The third-order valence-corrected chi connectivity index (χ3v) is 4.55. The molecule has 0 saturated carbocycles. The Morgan fingerprint density at radius 3 is 2.52 bits per heavy atom. The number of para-hydroxylation sites is 1. The molecule has 1 N–H and O–H groups in total. The first-order valence-corrected chi connectivity index (χ1v) is 8.61. The summed E-state index contributed by atoms with van der Waals surface area (Å²) in [5.41, 5.74) is 2.73. The third-order valence-electron chi connectivity index (χ3n) is 4.55. The van der Waals surface area contributed by atoms with Crippen LogP contribution in [-0.4, -0.2) is 18.0 Å². The fourth-order valence-corrected chi connectivity index (χ4v) is 3.20. The summed E-state index contributed by atoms with van der Waals surface area (Å²) in [5.74, 6) is 0.913. The number of phenolic OH excluding ortho intramolecular Hbond substituents is 1. The number of ether oxygens (including phenoxy) is 2. The summed E-state index contributed by atoms with van der Waals surface area (Å²) in [6, 6.07) is 21.9. The van der Waals surface area contributed by atoms with Gasteiger partial charge in [0.1, 0.15) is 5.75 Å². The van der Waals surface area contributed by atoms with Crippen LogP contribution in [0.2, 0.25) is 0 Å². The molecule has 1 aliphatic rings. The Balaban J connectivity index is 1.85. The molecule has 27 heavy (non-hydrogen) atoms. The van der Waals surface area contributed by atoms with Crippen LogP contribution >= 0.6 is 0 Å². The summed E-state index contributed by atoms with van der Waals surface area (Å²) in [6.07, 6.45) is 1.28. The average molecular weight is 358 g/mol. The van der Waals surface area contributed by atoms with Crippen molar-refractivity contribution < 1.29 is 19.4 Å². The second-order valence-corrected chi connectivity index (χ2v) is 6.26. The molecular formula is C23H18O4. The van der Waals surface area contributed by atoms with Gasteiger partial charge in [0.15, 0.2) is 23.4 Å². The largest absolute Gasteiger partial charge is 0.504 e. The third kappa shape index (κ3) is 3.17. The maximum atomic E-state index is 13.2. The lowest BCUT2D eigenvalue weighted by Gasteiger charge is -2.28. The molecule has 0 aliphatic carbocycles. The fraction of sp³-hybridized carbons (Fsp3) is 0.0870. The van der Waals surface area contributed by atoms with E-state index in [1.807, 2.05) is 48.5 Å². The summed E-state index contributed by atoms with van der Waals surface area (Å²) in [6.45, 7) is 0. The molecule has 4 heteroatoms. The molecule has 1 aliphatic heterocycles. The Morgan fingerprint density at radius 1 is 1.00 bits per heavy atom. The van der Waals surface area contributed by atoms with Crippen LogP contribution in [0.25, 0.3) is 6.08 Å². The first-order chi connectivity index (χ1) is 13.2. The van der Waals surface area contributed by atoms with Crippen molar-refractivity contribution in [1.29, 1.82) is 0 Å². The van der Waals surface area contributed by atoms with Crippen molar-refractivity contribution in [2.45, 2.75) is 6.10 Å². The number of Topliss-reactive ketones (excluding diaryl/α,β-unsaturated/α-hetero) is 1. The molecule has 4 nitrogen and oxygen atoms in total. The molecular weight excluding hydrogens is 340 g/mol. The predicted octanol–water partition coefficient (Wildman–Crippen LogP) is 4.80. The van der Waals surface area contributed by atoms with Gasteiger partial charge in [-0.2, -0.15) is 0 Å². The van der Waals surface area contributed by atoms with Gasteiger partial charge in [0.25, 0.3) is 0 Å². The highest BCUT2D eigenvalue weighted by molar-refractivity contribution is 6.14. The number of ketones is 1. The normalized spacial score (nSPS) is 17.3. The summed E-state index contributed by atoms with van der Waals surface area (Å²) in [5, 5.41) is 9.82. The maximum absolute atomic E-state index is 13.2. The number of hydrogen-bond donors (Lipinski definition) is 1. The Morgan fingerprint density at radius 2 is 1.74 bits per heavy atom. The van der Waals surface area contributed by atoms with Crippen LogP contribution in [0.4, 0.5) is 0 Å². The Bertz CT molecular complexity index is 1020. The molecule has 3 aromatic rings. The lowest BCUT2D eigenvalue weighted by Crippen LogP contribution is -2.23. The van der Waals surface area contributed by atoms with Crippen LogP contribution in [0.1, 0.15) is 27.6 Å². The zero-order chi connectivity index (χ0) is 18.8. The van der Waals surface area contributed by atoms with Gasteiger partial charge in [-0.05, 0) is 41.5 Å². The van der Waals surface area contributed by atoms with E-state index in [1.165, 1.54) is 7.11 Å². The SMILES string of the molecule is COc1cc(/C=C2\C(=O)c3ccccc3OC2c2ccccc2)ccc1O. The smallest absolute Gasteiger partial charge is 0.196 e. The highest BCUT2D eigenvalue weighted by atomic mass is 16.5. The van der Waals surface area contributed by atoms with Crippen molar-refractivity contribution in [3.63, 3.8) is 0 Å². The second kappa shape index (κ2) is 7.00. The quantitative estimate of drug-likeness (QED) is 0.683. The van der Waals surface area contributed by atoms with Crippen molar-refractivity contribution >= 4 is 11.9 Å². The summed E-state index contributed by atoms with van der Waals surface area (Å²) >= 11 is 0. The standard InChI is InChI=1S/C23H18O4/c1-26-21-14-15(11-12-19(21)24)13-18-22(25)17-9-5-6-10-20(17)27-23(18)16-7-3-2-4-8-16/h2-14,23-24H,1H3/b18-13+. The summed E-state index contributed by atoms with van der Waals surface area (Å²) in [4.78, 5) is 13.2. The number of benzene rings is 3. The molecule has 1 atom stereocenters. The van der Waals surface area contributed by atoms with Gasteiger partial charge in [-0.25, -0.2) is 0 Å². The predicted molar refractivity (Wildman–Crippen MR) is 103 cm³/mol. The average Bonchev–Trinajstić information content (AvgIpc) is 2.72. The van der Waals surface area contributed by atoms with E-state index >= 15 is 0 Å². The van der Waals surface area contributed by atoms with Gasteiger partial charge in [0.2, 0.25) is 0 Å². The Hall–Kier alpha value is -3.53. The molecule has 0 bridgehead atoms. The van der Waals surface area contributed by atoms with E-state index in [9.17, 15) is 9.90 Å². The molecule has 0 radical (unpaired) electrons. The summed E-state index contributed by atoms with van der Waals surface area (Å²) < 4.78 is 11.4. The second-order valence-electron chi connectivity index (χ2n) is 6.26. The number of hydrogen-bond acceptors (Lipinski definition) is 4. The van der Waals surface area contributed by atoms with Gasteiger partial charge < -0.3 is 14.6 Å². The fourth-order valence-electron chi connectivity index (χ4n) is 3.20. The van der Waals surface area contributed by atoms with Crippen molar-refractivity contribution in [3.8, 4) is 17.2 Å². The monoisotopic (exact) mass is 358 g/mol. The maximum Gasteiger partial charge on any atom is 0.196 e. The van der Waals surface area contributed by atoms with Gasteiger partial charge in [-0.3, -0.25) is 4.79 Å². The van der Waals surface area contributed by atoms with E-state index in [2.05, 4.69) is 0 Å². The van der Waals surface area contributed by atoms with Crippen LogP contribution in [-0.2, 0) is 0 Å². The number of carbonyl (C=O) groups is 1. The van der Waals surface area contributed by atoms with Gasteiger partial charge in [-0.1, -0.05) is 48.5 Å². The zero-order valence-corrected chi connectivity index (χ0v) is 14.8. The van der Waals surface area contributed by atoms with Gasteiger partial charge in [0.05, 0.1) is 12.7 Å². The van der Waals surface area contributed by atoms with E-state index < -0.39 is 6.10 Å².